The standard InChI is InChI=1S/C22H26O7/c1-5-6-14-8-13-9-18(22(3,26)20(24)16(13)11-28-14)29-21(25)19-12(2)7-15(27-4)10-17(19)23/h7-8,10,18,23,26H,5-6,9,11H2,1-4H3. The molecule has 0 saturated heterocycles. The van der Waals surface area contributed by atoms with E-state index in [2.05, 4.69) is 0 Å². The van der Waals surface area contributed by atoms with Gasteiger partial charge in [-0.25, -0.2) is 4.79 Å². The molecule has 0 aromatic heterocycles. The first kappa shape index (κ1) is 20.9. The first-order chi connectivity index (χ1) is 13.7. The highest BCUT2D eigenvalue weighted by molar-refractivity contribution is 6.05. The summed E-state index contributed by atoms with van der Waals surface area (Å²) >= 11 is 0. The van der Waals surface area contributed by atoms with Crippen LogP contribution in [-0.4, -0.2) is 47.4 Å². The molecule has 2 atom stereocenters. The minimum absolute atomic E-state index is 0.0250. The van der Waals surface area contributed by atoms with Crippen molar-refractivity contribution in [2.75, 3.05) is 13.7 Å². The Labute approximate surface area is 169 Å². The van der Waals surface area contributed by atoms with E-state index in [-0.39, 0.29) is 24.3 Å². The number of hydrogen-bond donors (Lipinski definition) is 2. The number of carbonyl (C=O) groups excluding carboxylic acids is 2. The smallest absolute Gasteiger partial charge is 0.342 e. The zero-order valence-electron chi connectivity index (χ0n) is 17.1. The summed E-state index contributed by atoms with van der Waals surface area (Å²) in [4.78, 5) is 25.6. The number of carbonyl (C=O) groups is 2. The van der Waals surface area contributed by atoms with E-state index in [1.165, 1.54) is 20.1 Å². The van der Waals surface area contributed by atoms with Crippen molar-refractivity contribution >= 4 is 11.8 Å². The molecule has 1 aromatic carbocycles. The van der Waals surface area contributed by atoms with Crippen LogP contribution in [-0.2, 0) is 14.3 Å². The van der Waals surface area contributed by atoms with Crippen molar-refractivity contribution in [3.63, 3.8) is 0 Å². The van der Waals surface area contributed by atoms with Gasteiger partial charge in [0.25, 0.3) is 0 Å². The highest BCUT2D eigenvalue weighted by Crippen LogP contribution is 2.37. The van der Waals surface area contributed by atoms with Crippen molar-refractivity contribution < 1.29 is 34.0 Å². The minimum atomic E-state index is -1.88. The molecule has 1 aliphatic carbocycles. The lowest BCUT2D eigenvalue weighted by Gasteiger charge is -2.38. The molecule has 0 amide bonds. The molecular weight excluding hydrogens is 376 g/mol. The zero-order chi connectivity index (χ0) is 21.3. The Morgan fingerprint density at radius 2 is 2.10 bits per heavy atom. The Kier molecular flexibility index (Phi) is 5.71. The number of Topliss-reactive ketones (excluding diaryl/α,β-unsaturated/α-hetero) is 1. The lowest BCUT2D eigenvalue weighted by Crippen LogP contribution is -2.53. The average Bonchev–Trinajstić information content (AvgIpc) is 2.65. The van der Waals surface area contributed by atoms with Crippen LogP contribution < -0.4 is 4.74 Å². The molecule has 3 rings (SSSR count). The second-order valence-corrected chi connectivity index (χ2v) is 7.57. The van der Waals surface area contributed by atoms with Crippen LogP contribution in [0.25, 0.3) is 0 Å². The second kappa shape index (κ2) is 7.91. The number of phenols is 1. The van der Waals surface area contributed by atoms with E-state index in [1.807, 2.05) is 6.92 Å². The predicted molar refractivity (Wildman–Crippen MR) is 105 cm³/mol. The van der Waals surface area contributed by atoms with Gasteiger partial charge in [-0.3, -0.25) is 4.79 Å². The van der Waals surface area contributed by atoms with Crippen LogP contribution in [0.15, 0.2) is 35.1 Å². The van der Waals surface area contributed by atoms with E-state index in [0.717, 1.165) is 18.6 Å². The van der Waals surface area contributed by atoms with Crippen LogP contribution >= 0.6 is 0 Å². The number of ether oxygens (including phenoxy) is 3. The van der Waals surface area contributed by atoms with Crippen molar-refractivity contribution in [2.24, 2.45) is 0 Å². The fourth-order valence-electron chi connectivity index (χ4n) is 3.68. The third kappa shape index (κ3) is 3.87. The number of phenolic OH excluding ortho intramolecular Hbond substituents is 1. The van der Waals surface area contributed by atoms with Crippen LogP contribution in [0.1, 0.15) is 49.0 Å². The van der Waals surface area contributed by atoms with Gasteiger partial charge in [-0.1, -0.05) is 6.92 Å². The SMILES string of the molecule is CCCC1=CC2=C(CO1)C(=O)C(C)(O)C(OC(=O)c1c(C)cc(OC)cc1O)C2. The Hall–Kier alpha value is -2.80. The Bertz CT molecular complexity index is 885. The fraction of sp³-hybridized carbons (Fsp3) is 0.455. The number of aliphatic hydroxyl groups is 1. The van der Waals surface area contributed by atoms with Gasteiger partial charge in [0.05, 0.1) is 12.9 Å². The number of aromatic hydroxyl groups is 1. The molecule has 7 nitrogen and oxygen atoms in total. The average molecular weight is 402 g/mol. The summed E-state index contributed by atoms with van der Waals surface area (Å²) in [6.07, 6.45) is 2.54. The summed E-state index contributed by atoms with van der Waals surface area (Å²) in [5.74, 6) is -0.436. The van der Waals surface area contributed by atoms with E-state index >= 15 is 0 Å². The van der Waals surface area contributed by atoms with Crippen LogP contribution in [0.3, 0.4) is 0 Å². The summed E-state index contributed by atoms with van der Waals surface area (Å²) < 4.78 is 16.2. The maximum atomic E-state index is 12.8. The summed E-state index contributed by atoms with van der Waals surface area (Å²) in [6, 6.07) is 2.91. The van der Waals surface area contributed by atoms with E-state index in [9.17, 15) is 19.8 Å². The molecule has 1 aromatic rings. The van der Waals surface area contributed by atoms with Crippen LogP contribution in [0.2, 0.25) is 0 Å². The first-order valence-electron chi connectivity index (χ1n) is 9.60. The highest BCUT2D eigenvalue weighted by atomic mass is 16.6. The number of rotatable bonds is 5. The molecule has 0 fully saturated rings. The third-order valence-electron chi connectivity index (χ3n) is 5.36. The molecule has 1 heterocycles. The number of esters is 1. The highest BCUT2D eigenvalue weighted by Gasteiger charge is 2.48. The van der Waals surface area contributed by atoms with Gasteiger partial charge in [0.2, 0.25) is 0 Å². The molecule has 0 bridgehead atoms. The number of aryl methyl sites for hydroxylation is 1. The summed E-state index contributed by atoms with van der Waals surface area (Å²) in [5.41, 5.74) is -0.327. The minimum Gasteiger partial charge on any atom is -0.507 e. The van der Waals surface area contributed by atoms with E-state index in [0.29, 0.717) is 22.5 Å². The van der Waals surface area contributed by atoms with Gasteiger partial charge in [-0.2, -0.15) is 0 Å². The number of allylic oxidation sites excluding steroid dienone is 2. The van der Waals surface area contributed by atoms with Gasteiger partial charge >= 0.3 is 5.97 Å². The molecule has 2 aliphatic rings. The Morgan fingerprint density at radius 1 is 1.38 bits per heavy atom. The largest absolute Gasteiger partial charge is 0.507 e. The van der Waals surface area contributed by atoms with Gasteiger partial charge in [0.1, 0.15) is 29.8 Å². The quantitative estimate of drug-likeness (QED) is 0.730. The molecule has 0 saturated carbocycles. The predicted octanol–water partition coefficient (Wildman–Crippen LogP) is 2.97. The van der Waals surface area contributed by atoms with Crippen molar-refractivity contribution in [3.05, 3.63) is 46.2 Å². The molecule has 2 N–H and O–H groups in total. The van der Waals surface area contributed by atoms with Crippen LogP contribution in [0.5, 0.6) is 11.5 Å². The van der Waals surface area contributed by atoms with E-state index < -0.39 is 23.5 Å². The van der Waals surface area contributed by atoms with Gasteiger partial charge < -0.3 is 24.4 Å². The van der Waals surface area contributed by atoms with E-state index in [1.54, 1.807) is 19.1 Å². The maximum absolute atomic E-state index is 12.8. The van der Waals surface area contributed by atoms with Gasteiger partial charge in [-0.15, -0.1) is 0 Å². The van der Waals surface area contributed by atoms with Crippen LogP contribution in [0.4, 0.5) is 0 Å². The molecule has 0 radical (unpaired) electrons. The molecule has 0 spiro atoms. The monoisotopic (exact) mass is 402 g/mol. The molecule has 29 heavy (non-hydrogen) atoms. The van der Waals surface area contributed by atoms with Crippen molar-refractivity contribution in [1.29, 1.82) is 0 Å². The zero-order valence-corrected chi connectivity index (χ0v) is 17.1. The number of benzene rings is 1. The van der Waals surface area contributed by atoms with Crippen molar-refractivity contribution in [1.82, 2.24) is 0 Å². The van der Waals surface area contributed by atoms with Crippen molar-refractivity contribution in [3.8, 4) is 11.5 Å². The lowest BCUT2D eigenvalue weighted by molar-refractivity contribution is -0.146. The molecule has 156 valence electrons. The van der Waals surface area contributed by atoms with Gasteiger partial charge in [0.15, 0.2) is 11.4 Å². The fourth-order valence-corrected chi connectivity index (χ4v) is 3.68. The second-order valence-electron chi connectivity index (χ2n) is 7.57. The Balaban J connectivity index is 1.89. The lowest BCUT2D eigenvalue weighted by atomic mass is 9.77. The molecular formula is C22H26O7. The third-order valence-corrected chi connectivity index (χ3v) is 5.36. The number of hydrogen-bond acceptors (Lipinski definition) is 7. The Morgan fingerprint density at radius 3 is 2.72 bits per heavy atom. The van der Waals surface area contributed by atoms with E-state index in [4.69, 9.17) is 14.2 Å². The summed E-state index contributed by atoms with van der Waals surface area (Å²) in [6.45, 7) is 5.11. The maximum Gasteiger partial charge on any atom is 0.342 e. The normalized spacial score (nSPS) is 23.8. The van der Waals surface area contributed by atoms with Crippen LogP contribution in [0, 0.1) is 6.92 Å². The molecule has 1 aliphatic heterocycles. The molecule has 7 heteroatoms. The first-order valence-corrected chi connectivity index (χ1v) is 9.60. The van der Waals surface area contributed by atoms with Gasteiger partial charge in [-0.05, 0) is 43.5 Å². The molecule has 2 unspecified atom stereocenters. The summed E-state index contributed by atoms with van der Waals surface area (Å²) in [7, 11) is 1.45. The summed E-state index contributed by atoms with van der Waals surface area (Å²) in [5, 5.41) is 21.0. The number of methoxy groups -OCH3 is 1. The van der Waals surface area contributed by atoms with Crippen molar-refractivity contribution in [2.45, 2.75) is 51.7 Å². The van der Waals surface area contributed by atoms with Gasteiger partial charge in [0, 0.05) is 24.5 Å². The topological polar surface area (TPSA) is 102 Å². The number of ketones is 1.